The van der Waals surface area contributed by atoms with Crippen LogP contribution < -0.4 is 10.1 Å². The first kappa shape index (κ1) is 18.7. The summed E-state index contributed by atoms with van der Waals surface area (Å²) in [6, 6.07) is 14.9. The van der Waals surface area contributed by atoms with E-state index < -0.39 is 0 Å². The lowest BCUT2D eigenvalue weighted by Gasteiger charge is -2.35. The second-order valence-corrected chi connectivity index (χ2v) is 6.53. The lowest BCUT2D eigenvalue weighted by atomic mass is 10.0. The Hall–Kier alpha value is -2.08. The summed E-state index contributed by atoms with van der Waals surface area (Å²) in [7, 11) is 1.59. The maximum absolute atomic E-state index is 12.6. The second-order valence-electron chi connectivity index (χ2n) is 6.13. The molecule has 1 saturated heterocycles. The van der Waals surface area contributed by atoms with Crippen LogP contribution in [-0.2, 0) is 4.74 Å². The first-order chi connectivity index (χ1) is 12.7. The van der Waals surface area contributed by atoms with E-state index in [1.54, 1.807) is 25.3 Å². The fraction of sp³-hybridized carbons (Fsp3) is 0.350. The summed E-state index contributed by atoms with van der Waals surface area (Å²) in [6.07, 6.45) is 0. The van der Waals surface area contributed by atoms with Crippen molar-refractivity contribution in [2.24, 2.45) is 0 Å². The summed E-state index contributed by atoms with van der Waals surface area (Å²) in [5, 5.41) is 3.75. The molecule has 6 heteroatoms. The molecule has 1 amide bonds. The molecule has 0 radical (unpaired) electrons. The van der Waals surface area contributed by atoms with E-state index in [1.165, 1.54) is 0 Å². The van der Waals surface area contributed by atoms with E-state index in [1.807, 2.05) is 30.3 Å². The third kappa shape index (κ3) is 4.55. The van der Waals surface area contributed by atoms with Crippen molar-refractivity contribution in [1.82, 2.24) is 10.2 Å². The number of methoxy groups -OCH3 is 1. The number of benzene rings is 2. The molecule has 0 saturated carbocycles. The van der Waals surface area contributed by atoms with Crippen molar-refractivity contribution in [3.8, 4) is 5.75 Å². The van der Waals surface area contributed by atoms with Crippen LogP contribution in [0.25, 0.3) is 0 Å². The minimum atomic E-state index is -0.130. The summed E-state index contributed by atoms with van der Waals surface area (Å²) in [5.74, 6) is 0.530. The van der Waals surface area contributed by atoms with E-state index in [9.17, 15) is 4.79 Å². The van der Waals surface area contributed by atoms with Gasteiger partial charge in [0.05, 0.1) is 26.4 Å². The standard InChI is InChI=1S/C20H23ClN2O3/c1-25-16-6-4-5-15(13-16)20(24)22-14-19(23-9-11-26-12-10-23)17-7-2-3-8-18(17)21/h2-8,13,19H,9-12,14H2,1H3,(H,22,24)/t19-/m0/s1. The van der Waals surface area contributed by atoms with Crippen LogP contribution in [0.3, 0.4) is 0 Å². The van der Waals surface area contributed by atoms with Crippen molar-refractivity contribution in [2.75, 3.05) is 40.0 Å². The third-order valence-electron chi connectivity index (χ3n) is 4.54. The highest BCUT2D eigenvalue weighted by molar-refractivity contribution is 6.31. The van der Waals surface area contributed by atoms with Gasteiger partial charge in [0.1, 0.15) is 5.75 Å². The predicted octanol–water partition coefficient (Wildman–Crippen LogP) is 3.15. The molecule has 1 fully saturated rings. The number of carbonyl (C=O) groups is 1. The highest BCUT2D eigenvalue weighted by atomic mass is 35.5. The Morgan fingerprint density at radius 3 is 2.73 bits per heavy atom. The van der Waals surface area contributed by atoms with Gasteiger partial charge in [-0.15, -0.1) is 0 Å². The largest absolute Gasteiger partial charge is 0.497 e. The third-order valence-corrected chi connectivity index (χ3v) is 4.88. The number of ether oxygens (including phenoxy) is 2. The summed E-state index contributed by atoms with van der Waals surface area (Å²) >= 11 is 6.42. The highest BCUT2D eigenvalue weighted by Gasteiger charge is 2.25. The summed E-state index contributed by atoms with van der Waals surface area (Å²) < 4.78 is 10.7. The van der Waals surface area contributed by atoms with Crippen molar-refractivity contribution >= 4 is 17.5 Å². The van der Waals surface area contributed by atoms with Gasteiger partial charge >= 0.3 is 0 Å². The Labute approximate surface area is 158 Å². The molecule has 1 N–H and O–H groups in total. The molecule has 0 unspecified atom stereocenters. The zero-order valence-corrected chi connectivity index (χ0v) is 15.5. The molecular weight excluding hydrogens is 352 g/mol. The van der Waals surface area contributed by atoms with E-state index in [-0.39, 0.29) is 11.9 Å². The average molecular weight is 375 g/mol. The van der Waals surface area contributed by atoms with Gasteiger partial charge in [-0.2, -0.15) is 0 Å². The molecule has 0 aromatic heterocycles. The number of amides is 1. The average Bonchev–Trinajstić information content (AvgIpc) is 2.70. The Kier molecular flexibility index (Phi) is 6.50. The van der Waals surface area contributed by atoms with Crippen molar-refractivity contribution in [1.29, 1.82) is 0 Å². The molecule has 1 aliphatic rings. The molecule has 138 valence electrons. The number of morpholine rings is 1. The van der Waals surface area contributed by atoms with E-state index in [2.05, 4.69) is 10.2 Å². The van der Waals surface area contributed by atoms with Gasteiger partial charge in [-0.1, -0.05) is 35.9 Å². The second kappa shape index (κ2) is 9.03. The van der Waals surface area contributed by atoms with E-state index in [4.69, 9.17) is 21.1 Å². The normalized spacial score (nSPS) is 16.1. The first-order valence-corrected chi connectivity index (χ1v) is 9.05. The van der Waals surface area contributed by atoms with Gasteiger partial charge in [0, 0.05) is 30.2 Å². The van der Waals surface area contributed by atoms with Crippen molar-refractivity contribution in [2.45, 2.75) is 6.04 Å². The Morgan fingerprint density at radius 1 is 1.23 bits per heavy atom. The zero-order valence-electron chi connectivity index (χ0n) is 14.8. The van der Waals surface area contributed by atoms with Gasteiger partial charge in [0.15, 0.2) is 0 Å². The number of rotatable bonds is 6. The molecule has 26 heavy (non-hydrogen) atoms. The van der Waals surface area contributed by atoms with Crippen LogP contribution in [0.2, 0.25) is 5.02 Å². The van der Waals surface area contributed by atoms with Crippen molar-refractivity contribution in [3.05, 3.63) is 64.7 Å². The van der Waals surface area contributed by atoms with Gasteiger partial charge in [-0.25, -0.2) is 0 Å². The van der Waals surface area contributed by atoms with E-state index >= 15 is 0 Å². The van der Waals surface area contributed by atoms with Gasteiger partial charge in [0.25, 0.3) is 5.91 Å². The topological polar surface area (TPSA) is 50.8 Å². The first-order valence-electron chi connectivity index (χ1n) is 8.67. The summed E-state index contributed by atoms with van der Waals surface area (Å²) in [4.78, 5) is 14.9. The number of hydrogen-bond acceptors (Lipinski definition) is 4. The Bertz CT molecular complexity index is 747. The predicted molar refractivity (Wildman–Crippen MR) is 102 cm³/mol. The minimum absolute atomic E-state index is 0.00200. The van der Waals surface area contributed by atoms with E-state index in [0.717, 1.165) is 18.7 Å². The Balaban J connectivity index is 1.75. The monoisotopic (exact) mass is 374 g/mol. The van der Waals surface area contributed by atoms with Gasteiger partial charge < -0.3 is 14.8 Å². The number of nitrogens with zero attached hydrogens (tertiary/aromatic N) is 1. The molecule has 2 aromatic carbocycles. The number of nitrogens with one attached hydrogen (secondary N) is 1. The fourth-order valence-corrected chi connectivity index (χ4v) is 3.39. The Morgan fingerprint density at radius 2 is 2.00 bits per heavy atom. The maximum atomic E-state index is 12.6. The smallest absolute Gasteiger partial charge is 0.251 e. The number of carbonyl (C=O) groups excluding carboxylic acids is 1. The van der Waals surface area contributed by atoms with Crippen LogP contribution in [-0.4, -0.2) is 50.8 Å². The summed E-state index contributed by atoms with van der Waals surface area (Å²) in [6.45, 7) is 3.46. The van der Waals surface area contributed by atoms with Crippen LogP contribution in [0, 0.1) is 0 Å². The molecule has 1 heterocycles. The molecular formula is C20H23ClN2O3. The summed E-state index contributed by atoms with van der Waals surface area (Å²) in [5.41, 5.74) is 1.59. The zero-order chi connectivity index (χ0) is 18.4. The lowest BCUT2D eigenvalue weighted by molar-refractivity contribution is 0.0162. The van der Waals surface area contributed by atoms with Crippen LogP contribution in [0.1, 0.15) is 22.0 Å². The maximum Gasteiger partial charge on any atom is 0.251 e. The van der Waals surface area contributed by atoms with Crippen LogP contribution >= 0.6 is 11.6 Å². The molecule has 2 aromatic rings. The quantitative estimate of drug-likeness (QED) is 0.843. The number of hydrogen-bond donors (Lipinski definition) is 1. The molecule has 3 rings (SSSR count). The molecule has 5 nitrogen and oxygen atoms in total. The van der Waals surface area contributed by atoms with Crippen molar-refractivity contribution in [3.63, 3.8) is 0 Å². The van der Waals surface area contributed by atoms with Crippen molar-refractivity contribution < 1.29 is 14.3 Å². The van der Waals surface area contributed by atoms with Crippen LogP contribution in [0.4, 0.5) is 0 Å². The van der Waals surface area contributed by atoms with Crippen LogP contribution in [0.15, 0.2) is 48.5 Å². The van der Waals surface area contributed by atoms with Gasteiger partial charge in [-0.3, -0.25) is 9.69 Å². The lowest BCUT2D eigenvalue weighted by Crippen LogP contribution is -2.44. The highest BCUT2D eigenvalue weighted by Crippen LogP contribution is 2.28. The molecule has 0 bridgehead atoms. The fourth-order valence-electron chi connectivity index (χ4n) is 3.13. The molecule has 1 atom stereocenters. The molecule has 0 spiro atoms. The molecule has 1 aliphatic heterocycles. The minimum Gasteiger partial charge on any atom is -0.497 e. The number of halogens is 1. The van der Waals surface area contributed by atoms with Crippen LogP contribution in [0.5, 0.6) is 5.75 Å². The van der Waals surface area contributed by atoms with Gasteiger partial charge in [0.2, 0.25) is 0 Å². The molecule has 0 aliphatic carbocycles. The van der Waals surface area contributed by atoms with E-state index in [0.29, 0.717) is 36.1 Å². The van der Waals surface area contributed by atoms with Gasteiger partial charge in [-0.05, 0) is 29.8 Å². The SMILES string of the molecule is COc1cccc(C(=O)NC[C@@H](c2ccccc2Cl)N2CCOCC2)c1.